The summed E-state index contributed by atoms with van der Waals surface area (Å²) in [5.41, 5.74) is 11.9. The number of nitro benzene ring substituents is 1. The molecule has 5 rings (SSSR count). The Kier molecular flexibility index (Phi) is 8.43. The van der Waals surface area contributed by atoms with Gasteiger partial charge in [-0.25, -0.2) is 5.01 Å². The molecular formula is C29H29N5O6. The highest BCUT2D eigenvalue weighted by molar-refractivity contribution is 6.37. The van der Waals surface area contributed by atoms with E-state index in [0.717, 1.165) is 35.2 Å². The second-order valence-electron chi connectivity index (χ2n) is 9.21. The number of fused-ring (bicyclic) bond motifs is 2. The number of nitrogens with two attached hydrogens (primary N) is 1. The Hall–Kier alpha value is -5.19. The number of hydrogen-bond acceptors (Lipinski definition) is 8. The summed E-state index contributed by atoms with van der Waals surface area (Å²) in [4.78, 5) is 32.5. The quantitative estimate of drug-likeness (QED) is 0.186. The van der Waals surface area contributed by atoms with Gasteiger partial charge in [-0.3, -0.25) is 19.7 Å². The molecule has 3 aromatic carbocycles. The minimum Gasteiger partial charge on any atom is -0.454 e. The number of allylic oxidation sites excluding steroid dienone is 1. The zero-order chi connectivity index (χ0) is 28.8. The Morgan fingerprint density at radius 3 is 2.50 bits per heavy atom. The summed E-state index contributed by atoms with van der Waals surface area (Å²) in [5, 5.41) is 19.2. The predicted molar refractivity (Wildman–Crippen MR) is 152 cm³/mol. The number of aryl methyl sites for hydroxylation is 2. The number of nitro groups is 1. The summed E-state index contributed by atoms with van der Waals surface area (Å²) in [7, 11) is 0. The summed E-state index contributed by atoms with van der Waals surface area (Å²) in [6.07, 6.45) is 2.36. The Labute approximate surface area is 231 Å². The Bertz CT molecular complexity index is 1530. The van der Waals surface area contributed by atoms with Gasteiger partial charge in [0, 0.05) is 28.9 Å². The van der Waals surface area contributed by atoms with Crippen molar-refractivity contribution in [3.05, 3.63) is 93.0 Å². The number of carbonyl (C=O) groups is 2. The highest BCUT2D eigenvalue weighted by atomic mass is 16.7. The first-order valence-corrected chi connectivity index (χ1v) is 12.5. The minimum atomic E-state index is -0.605. The van der Waals surface area contributed by atoms with Crippen LogP contribution in [0.25, 0.3) is 5.70 Å². The molecule has 2 aliphatic rings. The summed E-state index contributed by atoms with van der Waals surface area (Å²) in [6.45, 7) is 5.49. The number of carbonyl (C=O) groups excluding carboxylic acids is 2. The average Bonchev–Trinajstić information content (AvgIpc) is 3.40. The number of para-hydroxylation sites is 1. The molecule has 0 aromatic heterocycles. The normalized spacial score (nSPS) is 13.5. The molecule has 206 valence electrons. The first kappa shape index (κ1) is 27.8. The molecule has 0 saturated heterocycles. The van der Waals surface area contributed by atoms with Crippen molar-refractivity contribution in [2.75, 3.05) is 17.1 Å². The molecule has 1 aliphatic heterocycles. The number of hydrogen-bond donors (Lipinski definition) is 2. The molecule has 0 saturated carbocycles. The fraction of sp³-hybridized carbons (Fsp3) is 0.207. The van der Waals surface area contributed by atoms with Gasteiger partial charge < -0.3 is 20.5 Å². The van der Waals surface area contributed by atoms with Crippen molar-refractivity contribution < 1.29 is 24.0 Å². The second-order valence-corrected chi connectivity index (χ2v) is 9.21. The lowest BCUT2D eigenvalue weighted by Crippen LogP contribution is -2.27. The van der Waals surface area contributed by atoms with E-state index >= 15 is 0 Å². The first-order chi connectivity index (χ1) is 19.2. The number of ether oxygens (including phenoxy) is 2. The first-order valence-electron chi connectivity index (χ1n) is 12.5. The molecular weight excluding hydrogens is 514 g/mol. The molecule has 0 unspecified atom stereocenters. The fourth-order valence-electron chi connectivity index (χ4n) is 4.36. The maximum atomic E-state index is 11.8. The molecule has 3 N–H and O–H groups in total. The lowest BCUT2D eigenvalue weighted by atomic mass is 9.89. The Balaban J connectivity index is 0.000000312. The lowest BCUT2D eigenvalue weighted by molar-refractivity contribution is -0.385. The van der Waals surface area contributed by atoms with E-state index in [1.807, 2.05) is 43.3 Å². The molecule has 0 bridgehead atoms. The molecule has 11 heteroatoms. The van der Waals surface area contributed by atoms with Gasteiger partial charge in [-0.05, 0) is 69.0 Å². The fourth-order valence-corrected chi connectivity index (χ4v) is 4.36. The molecule has 40 heavy (non-hydrogen) atoms. The third-order valence-electron chi connectivity index (χ3n) is 6.50. The number of primary amides is 1. The van der Waals surface area contributed by atoms with Gasteiger partial charge in [0.25, 0.3) is 11.6 Å². The summed E-state index contributed by atoms with van der Waals surface area (Å²) in [6, 6.07) is 17.9. The zero-order valence-electron chi connectivity index (χ0n) is 22.3. The van der Waals surface area contributed by atoms with E-state index in [1.54, 1.807) is 37.1 Å². The van der Waals surface area contributed by atoms with Crippen LogP contribution in [-0.2, 0) is 16.0 Å². The molecule has 11 nitrogen and oxygen atoms in total. The number of nitrogens with zero attached hydrogens (tertiary/aromatic N) is 3. The Morgan fingerprint density at radius 2 is 1.82 bits per heavy atom. The predicted octanol–water partition coefficient (Wildman–Crippen LogP) is 4.93. The zero-order valence-corrected chi connectivity index (χ0v) is 22.3. The van der Waals surface area contributed by atoms with Gasteiger partial charge >= 0.3 is 0 Å². The lowest BCUT2D eigenvalue weighted by Gasteiger charge is -2.30. The van der Waals surface area contributed by atoms with E-state index in [2.05, 4.69) is 10.4 Å². The van der Waals surface area contributed by atoms with Crippen molar-refractivity contribution >= 4 is 40.8 Å². The van der Waals surface area contributed by atoms with Crippen LogP contribution in [0.1, 0.15) is 37.0 Å². The van der Waals surface area contributed by atoms with Gasteiger partial charge in [0.15, 0.2) is 11.5 Å². The van der Waals surface area contributed by atoms with Gasteiger partial charge in [0.1, 0.15) is 5.71 Å². The number of benzene rings is 3. The van der Waals surface area contributed by atoms with Crippen LogP contribution in [0.3, 0.4) is 0 Å². The van der Waals surface area contributed by atoms with E-state index in [-0.39, 0.29) is 23.1 Å². The molecule has 2 amide bonds. The monoisotopic (exact) mass is 543 g/mol. The number of rotatable bonds is 7. The van der Waals surface area contributed by atoms with Crippen molar-refractivity contribution in [2.45, 2.75) is 33.6 Å². The van der Waals surface area contributed by atoms with Crippen molar-refractivity contribution in [2.24, 2.45) is 10.8 Å². The molecule has 3 aromatic rings. The van der Waals surface area contributed by atoms with Gasteiger partial charge in [-0.15, -0.1) is 0 Å². The highest BCUT2D eigenvalue weighted by Crippen LogP contribution is 2.41. The van der Waals surface area contributed by atoms with Crippen molar-refractivity contribution in [3.63, 3.8) is 0 Å². The largest absolute Gasteiger partial charge is 0.454 e. The van der Waals surface area contributed by atoms with Gasteiger partial charge in [0.05, 0.1) is 16.3 Å². The minimum absolute atomic E-state index is 0.160. The molecule has 1 heterocycles. The van der Waals surface area contributed by atoms with Crippen LogP contribution in [0.5, 0.6) is 11.5 Å². The number of hydrazone groups is 1. The van der Waals surface area contributed by atoms with Gasteiger partial charge in [0.2, 0.25) is 13.2 Å². The van der Waals surface area contributed by atoms with E-state index in [4.69, 9.17) is 15.2 Å². The van der Waals surface area contributed by atoms with Crippen LogP contribution in [0.2, 0.25) is 0 Å². The highest BCUT2D eigenvalue weighted by Gasteiger charge is 2.26. The van der Waals surface area contributed by atoms with Gasteiger partial charge in [-0.1, -0.05) is 24.3 Å². The smallest absolute Gasteiger partial charge is 0.272 e. The maximum Gasteiger partial charge on any atom is 0.272 e. The summed E-state index contributed by atoms with van der Waals surface area (Å²) >= 11 is 0. The van der Waals surface area contributed by atoms with E-state index in [1.165, 1.54) is 6.07 Å². The van der Waals surface area contributed by atoms with Crippen molar-refractivity contribution in [1.29, 1.82) is 0 Å². The van der Waals surface area contributed by atoms with E-state index in [9.17, 15) is 19.7 Å². The topological polar surface area (TPSA) is 149 Å². The molecule has 0 fully saturated rings. The van der Waals surface area contributed by atoms with Crippen molar-refractivity contribution in [3.8, 4) is 11.5 Å². The Morgan fingerprint density at radius 1 is 1.07 bits per heavy atom. The number of amides is 2. The van der Waals surface area contributed by atoms with Crippen LogP contribution in [-0.4, -0.2) is 29.7 Å². The molecule has 0 radical (unpaired) electrons. The second kappa shape index (κ2) is 12.1. The maximum absolute atomic E-state index is 11.8. The third kappa shape index (κ3) is 6.09. The van der Waals surface area contributed by atoms with Crippen LogP contribution in [0, 0.1) is 17.0 Å². The van der Waals surface area contributed by atoms with Crippen LogP contribution in [0.4, 0.5) is 17.1 Å². The summed E-state index contributed by atoms with van der Waals surface area (Å²) < 4.78 is 10.9. The number of anilines is 2. The summed E-state index contributed by atoms with van der Waals surface area (Å²) in [5.74, 6) is 0.656. The van der Waals surface area contributed by atoms with E-state index < -0.39 is 5.91 Å². The standard InChI is InChI=1S/C22H22N4O4.C7H7NO2/c1-13-3-4-15-5-6-16(24-11-27)9-18(15)21(13)26(25-14(2)22(23)28)17-7-8-19-20(10-17)30-12-29-19;1-6-4-2-3-5-7(6)8(9)10/h5-11H,3-4,12H2,1-2H3,(H2,23,28)(H,24,27);2-5H,1H3/b25-14+;. The van der Waals surface area contributed by atoms with Crippen LogP contribution < -0.4 is 25.5 Å². The number of nitrogens with one attached hydrogen (secondary N) is 1. The SMILES string of the molecule is CC1=C(N(/N=C(\C)C(N)=O)c2ccc3c(c2)OCO3)c2cc(NC=O)ccc2CC1.Cc1ccccc1[N+](=O)[O-]. The molecule has 0 spiro atoms. The van der Waals surface area contributed by atoms with Gasteiger partial charge in [-0.2, -0.15) is 5.10 Å². The van der Waals surface area contributed by atoms with Crippen molar-refractivity contribution in [1.82, 2.24) is 0 Å². The molecule has 1 aliphatic carbocycles. The van der Waals surface area contributed by atoms with E-state index in [0.29, 0.717) is 34.8 Å². The average molecular weight is 544 g/mol. The third-order valence-corrected chi connectivity index (χ3v) is 6.50. The van der Waals surface area contributed by atoms with Crippen LogP contribution in [0.15, 0.2) is 71.3 Å². The molecule has 0 atom stereocenters. The van der Waals surface area contributed by atoms with Crippen LogP contribution >= 0.6 is 0 Å².